The SMILES string of the molecule is CC(C)CC(C(N)=O)n1c(=O)[nH]c(=O)[nH]c1=O. The fourth-order valence-corrected chi connectivity index (χ4v) is 1.52. The lowest BCUT2D eigenvalue weighted by atomic mass is 10.0. The van der Waals surface area contributed by atoms with Gasteiger partial charge in [0.2, 0.25) is 5.91 Å². The van der Waals surface area contributed by atoms with Crippen molar-refractivity contribution in [2.24, 2.45) is 11.7 Å². The molecule has 1 atom stereocenters. The number of amides is 1. The predicted octanol–water partition coefficient (Wildman–Crippen LogP) is -1.70. The Morgan fingerprint density at radius 3 is 2.06 bits per heavy atom. The summed E-state index contributed by atoms with van der Waals surface area (Å²) in [6.07, 6.45) is 0.240. The number of H-pyrrole nitrogens is 2. The number of nitrogens with zero attached hydrogens (tertiary/aromatic N) is 1. The van der Waals surface area contributed by atoms with Gasteiger partial charge in [0.25, 0.3) is 0 Å². The van der Waals surface area contributed by atoms with Crippen molar-refractivity contribution in [2.45, 2.75) is 26.3 Å². The zero-order valence-corrected chi connectivity index (χ0v) is 9.52. The average molecular weight is 242 g/mol. The number of primary amides is 1. The lowest BCUT2D eigenvalue weighted by Crippen LogP contribution is -2.48. The number of aromatic amines is 2. The Labute approximate surface area is 95.5 Å². The Bertz CT molecular complexity index is 545. The molecule has 0 aliphatic carbocycles. The summed E-state index contributed by atoms with van der Waals surface area (Å²) in [6.45, 7) is 3.64. The van der Waals surface area contributed by atoms with Gasteiger partial charge in [-0.2, -0.15) is 0 Å². The molecule has 17 heavy (non-hydrogen) atoms. The zero-order chi connectivity index (χ0) is 13.2. The maximum Gasteiger partial charge on any atom is 0.334 e. The van der Waals surface area contributed by atoms with E-state index in [2.05, 4.69) is 0 Å². The third kappa shape index (κ3) is 2.92. The van der Waals surface area contributed by atoms with E-state index in [0.29, 0.717) is 4.57 Å². The largest absolute Gasteiger partial charge is 0.368 e. The summed E-state index contributed by atoms with van der Waals surface area (Å²) in [4.78, 5) is 48.8. The highest BCUT2D eigenvalue weighted by Crippen LogP contribution is 2.13. The summed E-state index contributed by atoms with van der Waals surface area (Å²) in [5.41, 5.74) is 2.35. The van der Waals surface area contributed by atoms with Crippen LogP contribution in [0.5, 0.6) is 0 Å². The molecule has 0 radical (unpaired) electrons. The minimum Gasteiger partial charge on any atom is -0.368 e. The summed E-state index contributed by atoms with van der Waals surface area (Å²) in [5, 5.41) is 0. The smallest absolute Gasteiger partial charge is 0.334 e. The van der Waals surface area contributed by atoms with Gasteiger partial charge in [0.1, 0.15) is 6.04 Å². The minimum atomic E-state index is -1.07. The fraction of sp³-hybridized carbons (Fsp3) is 0.556. The van der Waals surface area contributed by atoms with Gasteiger partial charge in [-0.05, 0) is 12.3 Å². The summed E-state index contributed by atoms with van der Waals surface area (Å²) >= 11 is 0. The first-order valence-corrected chi connectivity index (χ1v) is 5.07. The molecule has 0 spiro atoms. The van der Waals surface area contributed by atoms with E-state index in [1.165, 1.54) is 0 Å². The fourth-order valence-electron chi connectivity index (χ4n) is 1.52. The highest BCUT2D eigenvalue weighted by Gasteiger charge is 2.22. The molecule has 1 rings (SSSR count). The van der Waals surface area contributed by atoms with E-state index >= 15 is 0 Å². The van der Waals surface area contributed by atoms with E-state index in [1.807, 2.05) is 23.8 Å². The van der Waals surface area contributed by atoms with Gasteiger partial charge in [-0.25, -0.2) is 19.0 Å². The molecule has 0 bridgehead atoms. The van der Waals surface area contributed by atoms with Gasteiger partial charge in [-0.15, -0.1) is 0 Å². The predicted molar refractivity (Wildman–Crippen MR) is 59.6 cm³/mol. The third-order valence-corrected chi connectivity index (χ3v) is 2.21. The summed E-state index contributed by atoms with van der Waals surface area (Å²) < 4.78 is 0.629. The van der Waals surface area contributed by atoms with Crippen LogP contribution in [0.1, 0.15) is 26.3 Å². The van der Waals surface area contributed by atoms with Gasteiger partial charge >= 0.3 is 17.1 Å². The van der Waals surface area contributed by atoms with Crippen molar-refractivity contribution in [3.63, 3.8) is 0 Å². The van der Waals surface area contributed by atoms with Crippen LogP contribution in [0.2, 0.25) is 0 Å². The van der Waals surface area contributed by atoms with Gasteiger partial charge in [0.05, 0.1) is 0 Å². The van der Waals surface area contributed by atoms with Gasteiger partial charge in [-0.1, -0.05) is 13.8 Å². The van der Waals surface area contributed by atoms with Crippen LogP contribution in [-0.2, 0) is 4.79 Å². The molecule has 8 nitrogen and oxygen atoms in total. The molecule has 1 aromatic rings. The first-order chi connectivity index (χ1) is 7.82. The second kappa shape index (κ2) is 4.81. The Kier molecular flexibility index (Phi) is 3.66. The van der Waals surface area contributed by atoms with Gasteiger partial charge in [-0.3, -0.25) is 14.8 Å². The van der Waals surface area contributed by atoms with Crippen LogP contribution in [-0.4, -0.2) is 20.4 Å². The third-order valence-electron chi connectivity index (χ3n) is 2.21. The van der Waals surface area contributed by atoms with E-state index in [9.17, 15) is 19.2 Å². The molecule has 0 fully saturated rings. The van der Waals surface area contributed by atoms with Crippen molar-refractivity contribution in [3.8, 4) is 0 Å². The number of carbonyl (C=O) groups is 1. The number of rotatable bonds is 4. The maximum atomic E-state index is 11.5. The first kappa shape index (κ1) is 12.9. The van der Waals surface area contributed by atoms with Gasteiger partial charge < -0.3 is 5.73 Å². The monoisotopic (exact) mass is 242 g/mol. The van der Waals surface area contributed by atoms with Crippen molar-refractivity contribution in [1.82, 2.24) is 14.5 Å². The molecule has 0 aliphatic heterocycles. The molecule has 0 saturated heterocycles. The second-order valence-electron chi connectivity index (χ2n) is 4.11. The maximum absolute atomic E-state index is 11.5. The van der Waals surface area contributed by atoms with Crippen molar-refractivity contribution in [3.05, 3.63) is 31.5 Å². The topological polar surface area (TPSA) is 131 Å². The van der Waals surface area contributed by atoms with Crippen LogP contribution in [0.3, 0.4) is 0 Å². The van der Waals surface area contributed by atoms with Gasteiger partial charge in [0.15, 0.2) is 0 Å². The second-order valence-corrected chi connectivity index (χ2v) is 4.11. The molecule has 1 heterocycles. The number of nitrogens with two attached hydrogens (primary N) is 1. The van der Waals surface area contributed by atoms with Crippen LogP contribution in [0, 0.1) is 5.92 Å². The van der Waals surface area contributed by atoms with E-state index in [4.69, 9.17) is 5.73 Å². The average Bonchev–Trinajstić information content (AvgIpc) is 2.13. The summed E-state index contributed by atoms with van der Waals surface area (Å²) in [7, 11) is 0. The van der Waals surface area contributed by atoms with Crippen molar-refractivity contribution in [2.75, 3.05) is 0 Å². The van der Waals surface area contributed by atoms with Crippen molar-refractivity contribution < 1.29 is 4.79 Å². The molecular formula is C9H14N4O4. The number of nitrogens with one attached hydrogen (secondary N) is 2. The van der Waals surface area contributed by atoms with Crippen LogP contribution in [0.25, 0.3) is 0 Å². The highest BCUT2D eigenvalue weighted by atomic mass is 16.2. The number of carbonyl (C=O) groups excluding carboxylic acids is 1. The molecule has 0 saturated carbocycles. The number of aromatic nitrogens is 3. The summed E-state index contributed by atoms with van der Waals surface area (Å²) in [6, 6.07) is -1.07. The minimum absolute atomic E-state index is 0.0609. The Hall–Kier alpha value is -2.12. The normalized spacial score (nSPS) is 12.6. The molecule has 94 valence electrons. The quantitative estimate of drug-likeness (QED) is 0.580. The van der Waals surface area contributed by atoms with Crippen LogP contribution in [0.15, 0.2) is 14.4 Å². The van der Waals surface area contributed by atoms with Gasteiger partial charge in [0, 0.05) is 0 Å². The Balaban J connectivity index is 3.39. The lowest BCUT2D eigenvalue weighted by molar-refractivity contribution is -0.121. The molecule has 1 unspecified atom stereocenters. The van der Waals surface area contributed by atoms with Crippen LogP contribution >= 0.6 is 0 Å². The van der Waals surface area contributed by atoms with E-state index in [0.717, 1.165) is 0 Å². The Morgan fingerprint density at radius 1 is 1.24 bits per heavy atom. The summed E-state index contributed by atoms with van der Waals surface area (Å²) in [5.74, 6) is -0.732. The van der Waals surface area contributed by atoms with Crippen LogP contribution < -0.4 is 22.8 Å². The first-order valence-electron chi connectivity index (χ1n) is 5.07. The Morgan fingerprint density at radius 2 is 1.71 bits per heavy atom. The molecule has 1 amide bonds. The molecule has 0 aromatic carbocycles. The van der Waals surface area contributed by atoms with Crippen molar-refractivity contribution in [1.29, 1.82) is 0 Å². The highest BCUT2D eigenvalue weighted by molar-refractivity contribution is 5.78. The van der Waals surface area contributed by atoms with E-state index in [1.54, 1.807) is 0 Å². The molecule has 1 aromatic heterocycles. The number of hydrogen-bond donors (Lipinski definition) is 3. The standard InChI is InChI=1S/C9H14N4O4/c1-4(2)3-5(6(10)14)13-8(16)11-7(15)12-9(13)17/h4-5H,3H2,1-2H3,(H2,10,14)(H2,11,12,15,16,17). The molecule has 0 aliphatic rings. The van der Waals surface area contributed by atoms with E-state index in [-0.39, 0.29) is 12.3 Å². The molecular weight excluding hydrogens is 228 g/mol. The number of hydrogen-bond acceptors (Lipinski definition) is 4. The molecule has 8 heteroatoms. The zero-order valence-electron chi connectivity index (χ0n) is 9.52. The van der Waals surface area contributed by atoms with Crippen molar-refractivity contribution >= 4 is 5.91 Å². The lowest BCUT2D eigenvalue weighted by Gasteiger charge is -2.16. The molecule has 4 N–H and O–H groups in total. The van der Waals surface area contributed by atoms with Crippen LogP contribution in [0.4, 0.5) is 0 Å². The van der Waals surface area contributed by atoms with E-state index < -0.39 is 29.0 Å².